The molecule has 2 aliphatic rings. The Labute approximate surface area is 141 Å². The molecular formula is C16H25N3O5. The number of amides is 4. The summed E-state index contributed by atoms with van der Waals surface area (Å²) in [5.74, 6) is -1.54. The Balaban J connectivity index is 1.79. The second-order valence-electron chi connectivity index (χ2n) is 6.90. The smallest absolute Gasteiger partial charge is 0.326 e. The lowest BCUT2D eigenvalue weighted by molar-refractivity contribution is -0.154. The van der Waals surface area contributed by atoms with Crippen LogP contribution in [0, 0.1) is 0 Å². The highest BCUT2D eigenvalue weighted by Gasteiger charge is 2.45. The number of carbonyl (C=O) groups is 4. The highest BCUT2D eigenvalue weighted by molar-refractivity contribution is 6.08. The summed E-state index contributed by atoms with van der Waals surface area (Å²) in [6, 6.07) is -0.440. The molecule has 0 bridgehead atoms. The Morgan fingerprint density at radius 1 is 1.25 bits per heavy atom. The van der Waals surface area contributed by atoms with E-state index >= 15 is 0 Å². The number of nitrogens with one attached hydrogen (secondary N) is 1. The van der Waals surface area contributed by atoms with Crippen LogP contribution in [0.4, 0.5) is 4.79 Å². The number of ether oxygens (including phenoxy) is 1. The lowest BCUT2D eigenvalue weighted by atomic mass is 9.94. The minimum absolute atomic E-state index is 0.191. The number of hydrogen-bond acceptors (Lipinski definition) is 5. The van der Waals surface area contributed by atoms with Crippen LogP contribution in [0.1, 0.15) is 46.0 Å². The molecule has 2 rings (SSSR count). The standard InChI is InChI=1S/C16H25N3O5/c1-16(2)14(22)19(15(23)17-16)9-13(21)24-10-12(20)18(3)11-7-5-4-6-8-11/h11H,4-10H2,1-3H3,(H,17,23). The summed E-state index contributed by atoms with van der Waals surface area (Å²) >= 11 is 0. The third kappa shape index (κ3) is 4.04. The van der Waals surface area contributed by atoms with Gasteiger partial charge in [-0.1, -0.05) is 19.3 Å². The van der Waals surface area contributed by atoms with Crippen LogP contribution in [0.15, 0.2) is 0 Å². The van der Waals surface area contributed by atoms with Gasteiger partial charge in [0.05, 0.1) is 0 Å². The Bertz CT molecular complexity index is 540. The number of rotatable bonds is 5. The maximum atomic E-state index is 12.1. The van der Waals surface area contributed by atoms with E-state index in [0.717, 1.165) is 30.6 Å². The molecular weight excluding hydrogens is 314 g/mol. The summed E-state index contributed by atoms with van der Waals surface area (Å²) in [6.45, 7) is 2.25. The summed E-state index contributed by atoms with van der Waals surface area (Å²) in [5, 5.41) is 2.48. The molecule has 134 valence electrons. The monoisotopic (exact) mass is 339 g/mol. The quantitative estimate of drug-likeness (QED) is 0.586. The first-order chi connectivity index (χ1) is 11.2. The molecule has 8 heteroatoms. The Kier molecular flexibility index (Phi) is 5.46. The van der Waals surface area contributed by atoms with Crippen LogP contribution < -0.4 is 5.32 Å². The van der Waals surface area contributed by atoms with E-state index in [1.165, 1.54) is 6.42 Å². The maximum absolute atomic E-state index is 12.1. The van der Waals surface area contributed by atoms with E-state index in [1.807, 2.05) is 0 Å². The molecule has 1 N–H and O–H groups in total. The first-order valence-corrected chi connectivity index (χ1v) is 8.28. The fourth-order valence-corrected chi connectivity index (χ4v) is 3.05. The van der Waals surface area contributed by atoms with Gasteiger partial charge in [0.2, 0.25) is 0 Å². The zero-order chi connectivity index (χ0) is 17.9. The van der Waals surface area contributed by atoms with E-state index in [-0.39, 0.29) is 18.6 Å². The van der Waals surface area contributed by atoms with Crippen molar-refractivity contribution in [3.8, 4) is 0 Å². The lowest BCUT2D eigenvalue weighted by Gasteiger charge is -2.31. The minimum Gasteiger partial charge on any atom is -0.454 e. The van der Waals surface area contributed by atoms with Gasteiger partial charge in [0.15, 0.2) is 6.61 Å². The molecule has 1 heterocycles. The first-order valence-electron chi connectivity index (χ1n) is 8.28. The molecule has 1 saturated heterocycles. The molecule has 0 atom stereocenters. The van der Waals surface area contributed by atoms with Crippen molar-refractivity contribution in [3.05, 3.63) is 0 Å². The van der Waals surface area contributed by atoms with Gasteiger partial charge in [0, 0.05) is 13.1 Å². The predicted octanol–water partition coefficient (Wildman–Crippen LogP) is 0.651. The first kappa shape index (κ1) is 18.2. The summed E-state index contributed by atoms with van der Waals surface area (Å²) in [7, 11) is 1.71. The number of imide groups is 1. The summed E-state index contributed by atoms with van der Waals surface area (Å²) in [4.78, 5) is 50.1. The van der Waals surface area contributed by atoms with E-state index < -0.39 is 30.0 Å². The van der Waals surface area contributed by atoms with Crippen LogP contribution in [0.2, 0.25) is 0 Å². The molecule has 1 aliphatic heterocycles. The highest BCUT2D eigenvalue weighted by atomic mass is 16.5. The Hall–Kier alpha value is -2.12. The van der Waals surface area contributed by atoms with Gasteiger partial charge in [-0.2, -0.15) is 0 Å². The fraction of sp³-hybridized carbons (Fsp3) is 0.750. The molecule has 24 heavy (non-hydrogen) atoms. The summed E-state index contributed by atoms with van der Waals surface area (Å²) in [6.07, 6.45) is 5.32. The van der Waals surface area contributed by atoms with E-state index in [9.17, 15) is 19.2 Å². The molecule has 1 saturated carbocycles. The second kappa shape index (κ2) is 7.19. The molecule has 0 spiro atoms. The van der Waals surface area contributed by atoms with Gasteiger partial charge >= 0.3 is 12.0 Å². The highest BCUT2D eigenvalue weighted by Crippen LogP contribution is 2.21. The number of hydrogen-bond donors (Lipinski definition) is 1. The number of urea groups is 1. The molecule has 0 aromatic heterocycles. The van der Waals surface area contributed by atoms with Crippen LogP contribution in [0.25, 0.3) is 0 Å². The van der Waals surface area contributed by atoms with Crippen molar-refractivity contribution in [2.24, 2.45) is 0 Å². The van der Waals surface area contributed by atoms with Crippen LogP contribution in [0.3, 0.4) is 0 Å². The van der Waals surface area contributed by atoms with E-state index in [2.05, 4.69) is 5.32 Å². The van der Waals surface area contributed by atoms with Crippen LogP contribution in [-0.4, -0.2) is 65.4 Å². The van der Waals surface area contributed by atoms with Crippen molar-refractivity contribution in [1.29, 1.82) is 0 Å². The average Bonchev–Trinajstić information content (AvgIpc) is 2.74. The van der Waals surface area contributed by atoms with Crippen LogP contribution >= 0.6 is 0 Å². The normalized spacial score (nSPS) is 20.7. The van der Waals surface area contributed by atoms with Crippen molar-refractivity contribution in [2.75, 3.05) is 20.2 Å². The van der Waals surface area contributed by atoms with Gasteiger partial charge in [0.1, 0.15) is 12.1 Å². The zero-order valence-corrected chi connectivity index (χ0v) is 14.5. The third-order valence-corrected chi connectivity index (χ3v) is 4.60. The summed E-state index contributed by atoms with van der Waals surface area (Å²) < 4.78 is 4.94. The molecule has 1 aliphatic carbocycles. The number of likely N-dealkylation sites (N-methyl/N-ethyl adjacent to an activating group) is 1. The molecule has 0 aromatic carbocycles. The number of carbonyl (C=O) groups excluding carboxylic acids is 4. The number of esters is 1. The summed E-state index contributed by atoms with van der Waals surface area (Å²) in [5.41, 5.74) is -1.03. The molecule has 4 amide bonds. The van der Waals surface area contributed by atoms with Gasteiger partial charge in [-0.15, -0.1) is 0 Å². The Morgan fingerprint density at radius 2 is 1.88 bits per heavy atom. The van der Waals surface area contributed by atoms with Crippen molar-refractivity contribution in [3.63, 3.8) is 0 Å². The molecule has 8 nitrogen and oxygen atoms in total. The average molecular weight is 339 g/mol. The molecule has 0 radical (unpaired) electrons. The van der Waals surface area contributed by atoms with Gasteiger partial charge < -0.3 is 15.0 Å². The number of nitrogens with zero attached hydrogens (tertiary/aromatic N) is 2. The third-order valence-electron chi connectivity index (χ3n) is 4.60. The van der Waals surface area contributed by atoms with Gasteiger partial charge in [-0.3, -0.25) is 19.3 Å². The van der Waals surface area contributed by atoms with Crippen molar-refractivity contribution < 1.29 is 23.9 Å². The van der Waals surface area contributed by atoms with Crippen molar-refractivity contribution >= 4 is 23.8 Å². The van der Waals surface area contributed by atoms with Crippen molar-refractivity contribution in [1.82, 2.24) is 15.1 Å². The van der Waals surface area contributed by atoms with E-state index in [1.54, 1.807) is 25.8 Å². The Morgan fingerprint density at radius 3 is 2.42 bits per heavy atom. The maximum Gasteiger partial charge on any atom is 0.326 e. The zero-order valence-electron chi connectivity index (χ0n) is 14.5. The van der Waals surface area contributed by atoms with E-state index in [4.69, 9.17) is 4.74 Å². The van der Waals surface area contributed by atoms with Crippen molar-refractivity contribution in [2.45, 2.75) is 57.5 Å². The van der Waals surface area contributed by atoms with Gasteiger partial charge in [-0.05, 0) is 26.7 Å². The molecule has 0 unspecified atom stereocenters. The fourth-order valence-electron chi connectivity index (χ4n) is 3.05. The predicted molar refractivity (Wildman–Crippen MR) is 84.9 cm³/mol. The largest absolute Gasteiger partial charge is 0.454 e. The molecule has 2 fully saturated rings. The van der Waals surface area contributed by atoms with E-state index in [0.29, 0.717) is 0 Å². The van der Waals surface area contributed by atoms with Crippen LogP contribution in [-0.2, 0) is 19.1 Å². The van der Waals surface area contributed by atoms with Crippen LogP contribution in [0.5, 0.6) is 0 Å². The van der Waals surface area contributed by atoms with Gasteiger partial charge in [0.25, 0.3) is 11.8 Å². The minimum atomic E-state index is -1.03. The van der Waals surface area contributed by atoms with Gasteiger partial charge in [-0.25, -0.2) is 4.79 Å². The topological polar surface area (TPSA) is 96.0 Å². The lowest BCUT2D eigenvalue weighted by Crippen LogP contribution is -2.42. The second-order valence-corrected chi connectivity index (χ2v) is 6.90. The molecule has 0 aromatic rings. The SMILES string of the molecule is CN(C(=O)COC(=O)CN1C(=O)NC(C)(C)C1=O)C1CCCCC1.